The molecular weight excluding hydrogens is 377 g/mol. The predicted molar refractivity (Wildman–Crippen MR) is 99.3 cm³/mol. The Balaban J connectivity index is 1.70. The average Bonchev–Trinajstić information content (AvgIpc) is 3.11. The third-order valence-electron chi connectivity index (χ3n) is 3.59. The number of halogens is 2. The van der Waals surface area contributed by atoms with Crippen LogP contribution in [0.4, 0.5) is 10.1 Å². The molecular formula is C17H15ClFN5OS. The van der Waals surface area contributed by atoms with Gasteiger partial charge in [-0.1, -0.05) is 23.4 Å². The lowest BCUT2D eigenvalue weighted by Crippen LogP contribution is -2.32. The van der Waals surface area contributed by atoms with Crippen LogP contribution in [0.15, 0.2) is 53.7 Å². The van der Waals surface area contributed by atoms with Crippen LogP contribution in [0, 0.1) is 5.82 Å². The van der Waals surface area contributed by atoms with Gasteiger partial charge in [-0.3, -0.25) is 4.79 Å². The summed E-state index contributed by atoms with van der Waals surface area (Å²) in [4.78, 5) is 14.1. The van der Waals surface area contributed by atoms with Crippen molar-refractivity contribution >= 4 is 35.0 Å². The summed E-state index contributed by atoms with van der Waals surface area (Å²) < 4.78 is 14.6. The Kier molecular flexibility index (Phi) is 5.85. The molecule has 0 aliphatic heterocycles. The van der Waals surface area contributed by atoms with Crippen LogP contribution in [0.25, 0.3) is 5.69 Å². The van der Waals surface area contributed by atoms with Crippen molar-refractivity contribution in [1.82, 2.24) is 20.2 Å². The molecule has 0 spiro atoms. The zero-order valence-corrected chi connectivity index (χ0v) is 15.4. The van der Waals surface area contributed by atoms with E-state index in [0.717, 1.165) is 5.69 Å². The molecule has 3 aromatic rings. The van der Waals surface area contributed by atoms with Gasteiger partial charge in [0.1, 0.15) is 5.82 Å². The number of tetrazole rings is 1. The number of amides is 1. The molecule has 3 rings (SSSR count). The maximum absolute atomic E-state index is 13.1. The second-order valence-corrected chi connectivity index (χ2v) is 6.63. The number of anilines is 1. The van der Waals surface area contributed by atoms with E-state index in [4.69, 9.17) is 11.6 Å². The molecule has 0 atom stereocenters. The van der Waals surface area contributed by atoms with Crippen molar-refractivity contribution in [2.75, 3.05) is 17.2 Å². The van der Waals surface area contributed by atoms with Crippen LogP contribution in [0.1, 0.15) is 6.92 Å². The van der Waals surface area contributed by atoms with E-state index in [0.29, 0.717) is 22.4 Å². The van der Waals surface area contributed by atoms with E-state index in [1.165, 1.54) is 23.9 Å². The van der Waals surface area contributed by atoms with E-state index >= 15 is 0 Å². The quantitative estimate of drug-likeness (QED) is 0.601. The molecule has 26 heavy (non-hydrogen) atoms. The summed E-state index contributed by atoms with van der Waals surface area (Å²) in [6.07, 6.45) is 0. The lowest BCUT2D eigenvalue weighted by atomic mass is 10.3. The molecule has 1 amide bonds. The van der Waals surface area contributed by atoms with Crippen LogP contribution >= 0.6 is 23.4 Å². The fraction of sp³-hybridized carbons (Fsp3) is 0.176. The normalized spacial score (nSPS) is 10.7. The van der Waals surface area contributed by atoms with Crippen LogP contribution in [0.3, 0.4) is 0 Å². The summed E-state index contributed by atoms with van der Waals surface area (Å²) in [6.45, 7) is 2.34. The number of benzene rings is 2. The molecule has 0 N–H and O–H groups in total. The molecule has 0 saturated carbocycles. The number of carbonyl (C=O) groups excluding carboxylic acids is 1. The van der Waals surface area contributed by atoms with Gasteiger partial charge in [0.05, 0.1) is 11.4 Å². The third-order valence-corrected chi connectivity index (χ3v) is 4.75. The standard InChI is InChI=1S/C17H15ClFN5OS/c1-2-23(14-9-5-13(19)6-10-14)16(25)11-26-17-20-21-22-24(17)15-7-3-12(18)4-8-15/h3-10H,2,11H2,1H3. The first-order valence-corrected chi connectivity index (χ1v) is 9.18. The zero-order chi connectivity index (χ0) is 18.5. The van der Waals surface area contributed by atoms with Crippen molar-refractivity contribution in [3.63, 3.8) is 0 Å². The second kappa shape index (κ2) is 8.29. The number of rotatable bonds is 6. The number of aromatic nitrogens is 4. The van der Waals surface area contributed by atoms with Gasteiger partial charge >= 0.3 is 0 Å². The summed E-state index contributed by atoms with van der Waals surface area (Å²) in [6, 6.07) is 12.9. The average molecular weight is 392 g/mol. The van der Waals surface area contributed by atoms with E-state index in [1.54, 1.807) is 46.0 Å². The highest BCUT2D eigenvalue weighted by Crippen LogP contribution is 2.22. The molecule has 9 heteroatoms. The van der Waals surface area contributed by atoms with Crippen molar-refractivity contribution in [3.05, 3.63) is 59.4 Å². The van der Waals surface area contributed by atoms with Gasteiger partial charge in [0.15, 0.2) is 0 Å². The van der Waals surface area contributed by atoms with E-state index in [9.17, 15) is 9.18 Å². The maximum atomic E-state index is 13.1. The highest BCUT2D eigenvalue weighted by atomic mass is 35.5. The van der Waals surface area contributed by atoms with Crippen molar-refractivity contribution in [1.29, 1.82) is 0 Å². The Morgan fingerprint density at radius 3 is 2.54 bits per heavy atom. The first-order chi connectivity index (χ1) is 12.6. The molecule has 0 aliphatic carbocycles. The molecule has 0 radical (unpaired) electrons. The SMILES string of the molecule is CCN(C(=O)CSc1nnnn1-c1ccc(Cl)cc1)c1ccc(F)cc1. The Labute approximate surface area is 159 Å². The van der Waals surface area contributed by atoms with Crippen molar-refractivity contribution in [2.24, 2.45) is 0 Å². The maximum Gasteiger partial charge on any atom is 0.237 e. The van der Waals surface area contributed by atoms with Gasteiger partial charge in [0.2, 0.25) is 11.1 Å². The van der Waals surface area contributed by atoms with Gasteiger partial charge < -0.3 is 4.90 Å². The fourth-order valence-corrected chi connectivity index (χ4v) is 3.23. The Bertz CT molecular complexity index is 885. The lowest BCUT2D eigenvalue weighted by molar-refractivity contribution is -0.116. The van der Waals surface area contributed by atoms with Crippen LogP contribution < -0.4 is 4.90 Å². The summed E-state index contributed by atoms with van der Waals surface area (Å²) >= 11 is 7.13. The fourth-order valence-electron chi connectivity index (χ4n) is 2.34. The van der Waals surface area contributed by atoms with Gasteiger partial charge in [-0.2, -0.15) is 4.68 Å². The third kappa shape index (κ3) is 4.20. The summed E-state index contributed by atoms with van der Waals surface area (Å²) in [5.41, 5.74) is 1.40. The Morgan fingerprint density at radius 1 is 1.19 bits per heavy atom. The van der Waals surface area contributed by atoms with Crippen molar-refractivity contribution in [3.8, 4) is 5.69 Å². The second-order valence-electron chi connectivity index (χ2n) is 5.25. The van der Waals surface area contributed by atoms with Crippen LogP contribution in [-0.4, -0.2) is 38.4 Å². The molecule has 0 fully saturated rings. The van der Waals surface area contributed by atoms with Gasteiger partial charge in [0, 0.05) is 17.3 Å². The molecule has 0 unspecified atom stereocenters. The minimum Gasteiger partial charge on any atom is -0.312 e. The van der Waals surface area contributed by atoms with Gasteiger partial charge in [-0.05, 0) is 65.9 Å². The number of nitrogens with zero attached hydrogens (tertiary/aromatic N) is 5. The Morgan fingerprint density at radius 2 is 1.88 bits per heavy atom. The number of thioether (sulfide) groups is 1. The molecule has 0 saturated heterocycles. The predicted octanol–water partition coefficient (Wildman–Crippen LogP) is 3.60. The van der Waals surface area contributed by atoms with E-state index in [1.807, 2.05) is 6.92 Å². The minimum atomic E-state index is -0.339. The topological polar surface area (TPSA) is 63.9 Å². The van der Waals surface area contributed by atoms with Crippen LogP contribution in [-0.2, 0) is 4.79 Å². The molecule has 0 aliphatic rings. The summed E-state index contributed by atoms with van der Waals surface area (Å²) in [5, 5.41) is 12.7. The van der Waals surface area contributed by atoms with Crippen molar-refractivity contribution in [2.45, 2.75) is 12.1 Å². The number of hydrogen-bond acceptors (Lipinski definition) is 5. The van der Waals surface area contributed by atoms with Crippen LogP contribution in [0.2, 0.25) is 5.02 Å². The number of carbonyl (C=O) groups is 1. The van der Waals surface area contributed by atoms with Gasteiger partial charge in [0.25, 0.3) is 0 Å². The van der Waals surface area contributed by atoms with E-state index in [2.05, 4.69) is 15.5 Å². The molecule has 1 aromatic heterocycles. The molecule has 134 valence electrons. The zero-order valence-electron chi connectivity index (χ0n) is 13.8. The van der Waals surface area contributed by atoms with E-state index < -0.39 is 0 Å². The first kappa shape index (κ1) is 18.3. The largest absolute Gasteiger partial charge is 0.312 e. The first-order valence-electron chi connectivity index (χ1n) is 7.81. The highest BCUT2D eigenvalue weighted by molar-refractivity contribution is 7.99. The summed E-state index contributed by atoms with van der Waals surface area (Å²) in [5.74, 6) is -0.303. The van der Waals surface area contributed by atoms with E-state index in [-0.39, 0.29) is 17.5 Å². The summed E-state index contributed by atoms with van der Waals surface area (Å²) in [7, 11) is 0. The monoisotopic (exact) mass is 391 g/mol. The molecule has 0 bridgehead atoms. The lowest BCUT2D eigenvalue weighted by Gasteiger charge is -2.20. The molecule has 2 aromatic carbocycles. The number of hydrogen-bond donors (Lipinski definition) is 0. The highest BCUT2D eigenvalue weighted by Gasteiger charge is 2.17. The minimum absolute atomic E-state index is 0.116. The van der Waals surface area contributed by atoms with Gasteiger partial charge in [-0.15, -0.1) is 5.10 Å². The van der Waals surface area contributed by atoms with Crippen molar-refractivity contribution < 1.29 is 9.18 Å². The smallest absolute Gasteiger partial charge is 0.237 e. The van der Waals surface area contributed by atoms with Crippen LogP contribution in [0.5, 0.6) is 0 Å². The molecule has 6 nitrogen and oxygen atoms in total. The Hall–Kier alpha value is -2.45. The van der Waals surface area contributed by atoms with Gasteiger partial charge in [-0.25, -0.2) is 4.39 Å². The molecule has 1 heterocycles.